The molecule has 1 heterocycles. The summed E-state index contributed by atoms with van der Waals surface area (Å²) < 4.78 is 0. The molecule has 3 rings (SSSR count). The molecule has 1 aromatic carbocycles. The lowest BCUT2D eigenvalue weighted by molar-refractivity contribution is 0.0994. The Bertz CT molecular complexity index is 691. The summed E-state index contributed by atoms with van der Waals surface area (Å²) in [6.45, 7) is 0. The van der Waals surface area contributed by atoms with Crippen molar-refractivity contribution in [1.29, 1.82) is 0 Å². The highest BCUT2D eigenvalue weighted by atomic mass is 16.1. The van der Waals surface area contributed by atoms with Gasteiger partial charge in [-0.3, -0.25) is 9.59 Å². The zero-order chi connectivity index (χ0) is 13.2. The number of pyridine rings is 1. The topological polar surface area (TPSA) is 59.1 Å². The van der Waals surface area contributed by atoms with Crippen LogP contribution in [0.2, 0.25) is 0 Å². The largest absolute Gasteiger partial charge is 0.340 e. The maximum atomic E-state index is 11.9. The summed E-state index contributed by atoms with van der Waals surface area (Å²) >= 11 is 0. The molecule has 1 aliphatic rings. The molecule has 1 aromatic heterocycles. The van der Waals surface area contributed by atoms with Crippen LogP contribution < -0.4 is 5.32 Å². The van der Waals surface area contributed by atoms with Gasteiger partial charge in [-0.2, -0.15) is 0 Å². The normalized spacial score (nSPS) is 13.3. The van der Waals surface area contributed by atoms with Gasteiger partial charge in [0.15, 0.2) is 11.6 Å². The Morgan fingerprint density at radius 3 is 2.42 bits per heavy atom. The summed E-state index contributed by atoms with van der Waals surface area (Å²) in [6.07, 6.45) is 4.09. The second-order valence-electron chi connectivity index (χ2n) is 4.13. The molecule has 0 unspecified atom stereocenters. The molecule has 0 fully saturated rings. The number of nitrogens with one attached hydrogen (secondary N) is 1. The van der Waals surface area contributed by atoms with E-state index in [1.54, 1.807) is 6.07 Å². The molecular weight excluding hydrogens is 240 g/mol. The van der Waals surface area contributed by atoms with Gasteiger partial charge in [0.1, 0.15) is 5.82 Å². The molecule has 0 atom stereocenters. The fraction of sp³-hybridized carbons (Fsp3) is 0. The number of hydrogen-bond donors (Lipinski definition) is 1. The Labute approximate surface area is 109 Å². The molecule has 0 saturated heterocycles. The molecule has 4 heteroatoms. The summed E-state index contributed by atoms with van der Waals surface area (Å²) in [5, 5.41) is 3.06. The first-order valence-electron chi connectivity index (χ1n) is 5.83. The Hall–Kier alpha value is -2.75. The van der Waals surface area contributed by atoms with Gasteiger partial charge in [0.25, 0.3) is 0 Å². The van der Waals surface area contributed by atoms with Gasteiger partial charge >= 0.3 is 0 Å². The molecule has 0 amide bonds. The van der Waals surface area contributed by atoms with Gasteiger partial charge in [-0.15, -0.1) is 0 Å². The van der Waals surface area contributed by atoms with Crippen molar-refractivity contribution in [3.63, 3.8) is 0 Å². The molecule has 0 bridgehead atoms. The molecule has 0 radical (unpaired) electrons. The predicted octanol–water partition coefficient (Wildman–Crippen LogP) is 2.76. The van der Waals surface area contributed by atoms with Gasteiger partial charge in [0.2, 0.25) is 0 Å². The summed E-state index contributed by atoms with van der Waals surface area (Å²) in [7, 11) is 0. The van der Waals surface area contributed by atoms with Crippen LogP contribution in [0.4, 0.5) is 11.5 Å². The average molecular weight is 250 g/mol. The molecule has 0 aliphatic heterocycles. The molecule has 1 aliphatic carbocycles. The number of ketones is 2. The maximum Gasteiger partial charge on any atom is 0.190 e. The van der Waals surface area contributed by atoms with Gasteiger partial charge in [-0.25, -0.2) is 4.98 Å². The second-order valence-corrected chi connectivity index (χ2v) is 4.13. The van der Waals surface area contributed by atoms with Crippen LogP contribution in [-0.2, 0) is 0 Å². The summed E-state index contributed by atoms with van der Waals surface area (Å²) in [6, 6.07) is 11.0. The van der Waals surface area contributed by atoms with E-state index in [1.807, 2.05) is 30.3 Å². The highest BCUT2D eigenvalue weighted by Crippen LogP contribution is 2.25. The average Bonchev–Trinajstić information content (AvgIpc) is 2.44. The minimum atomic E-state index is -0.207. The van der Waals surface area contributed by atoms with Gasteiger partial charge in [0.05, 0.1) is 5.56 Å². The molecule has 92 valence electrons. The Kier molecular flexibility index (Phi) is 2.68. The Morgan fingerprint density at radius 1 is 0.895 bits per heavy atom. The van der Waals surface area contributed by atoms with Crippen molar-refractivity contribution in [2.24, 2.45) is 0 Å². The Morgan fingerprint density at radius 2 is 1.63 bits per heavy atom. The minimum Gasteiger partial charge on any atom is -0.340 e. The number of para-hydroxylation sites is 1. The summed E-state index contributed by atoms with van der Waals surface area (Å²) in [4.78, 5) is 27.8. The van der Waals surface area contributed by atoms with Crippen molar-refractivity contribution in [3.05, 3.63) is 65.9 Å². The van der Waals surface area contributed by atoms with Crippen LogP contribution in [-0.4, -0.2) is 16.6 Å². The van der Waals surface area contributed by atoms with Gasteiger partial charge in [-0.1, -0.05) is 18.2 Å². The second kappa shape index (κ2) is 4.49. The van der Waals surface area contributed by atoms with Crippen molar-refractivity contribution in [3.8, 4) is 0 Å². The summed E-state index contributed by atoms with van der Waals surface area (Å²) in [5.41, 5.74) is 1.54. The van der Waals surface area contributed by atoms with Crippen LogP contribution in [0.25, 0.3) is 0 Å². The fourth-order valence-corrected chi connectivity index (χ4v) is 1.99. The lowest BCUT2D eigenvalue weighted by Gasteiger charge is -2.14. The molecule has 2 aromatic rings. The van der Waals surface area contributed by atoms with Crippen LogP contribution in [0.15, 0.2) is 54.7 Å². The van der Waals surface area contributed by atoms with Gasteiger partial charge in [-0.05, 0) is 30.4 Å². The van der Waals surface area contributed by atoms with E-state index in [4.69, 9.17) is 0 Å². The van der Waals surface area contributed by atoms with E-state index in [9.17, 15) is 9.59 Å². The number of anilines is 2. The molecule has 19 heavy (non-hydrogen) atoms. The SMILES string of the molecule is O=C1C=CC(=O)c2c1ccnc2Nc1ccccc1. The van der Waals surface area contributed by atoms with Crippen LogP contribution in [0, 0.1) is 0 Å². The van der Waals surface area contributed by atoms with Crippen molar-refractivity contribution >= 4 is 23.1 Å². The number of allylic oxidation sites excluding steroid dienone is 2. The number of benzene rings is 1. The van der Waals surface area contributed by atoms with E-state index in [-0.39, 0.29) is 11.6 Å². The van der Waals surface area contributed by atoms with Crippen molar-refractivity contribution in [1.82, 2.24) is 4.98 Å². The van der Waals surface area contributed by atoms with E-state index in [2.05, 4.69) is 10.3 Å². The number of carbonyl (C=O) groups is 2. The highest BCUT2D eigenvalue weighted by molar-refractivity contribution is 6.24. The zero-order valence-corrected chi connectivity index (χ0v) is 9.96. The number of nitrogens with zero attached hydrogens (tertiary/aromatic N) is 1. The molecule has 1 N–H and O–H groups in total. The first-order chi connectivity index (χ1) is 9.25. The molecule has 0 spiro atoms. The van der Waals surface area contributed by atoms with Gasteiger partial charge < -0.3 is 5.32 Å². The zero-order valence-electron chi connectivity index (χ0n) is 9.96. The predicted molar refractivity (Wildman–Crippen MR) is 71.8 cm³/mol. The number of hydrogen-bond acceptors (Lipinski definition) is 4. The number of aromatic nitrogens is 1. The van der Waals surface area contributed by atoms with E-state index in [0.717, 1.165) is 5.69 Å². The van der Waals surface area contributed by atoms with Crippen molar-refractivity contribution < 1.29 is 9.59 Å². The van der Waals surface area contributed by atoms with E-state index in [0.29, 0.717) is 16.9 Å². The smallest absolute Gasteiger partial charge is 0.190 e. The third kappa shape index (κ3) is 2.04. The van der Waals surface area contributed by atoms with E-state index < -0.39 is 0 Å². The van der Waals surface area contributed by atoms with Crippen LogP contribution >= 0.6 is 0 Å². The number of carbonyl (C=O) groups excluding carboxylic acids is 2. The van der Waals surface area contributed by atoms with Crippen LogP contribution in [0.1, 0.15) is 20.7 Å². The first kappa shape index (κ1) is 11.3. The number of fused-ring (bicyclic) bond motifs is 1. The fourth-order valence-electron chi connectivity index (χ4n) is 1.99. The molecular formula is C15H10N2O2. The third-order valence-corrected chi connectivity index (χ3v) is 2.89. The summed E-state index contributed by atoms with van der Waals surface area (Å²) in [5.74, 6) is 0.0284. The third-order valence-electron chi connectivity index (χ3n) is 2.89. The van der Waals surface area contributed by atoms with Gasteiger partial charge in [0, 0.05) is 17.4 Å². The quantitative estimate of drug-likeness (QED) is 0.890. The molecule has 0 saturated carbocycles. The van der Waals surface area contributed by atoms with Crippen LogP contribution in [0.3, 0.4) is 0 Å². The number of rotatable bonds is 2. The lowest BCUT2D eigenvalue weighted by atomic mass is 9.96. The highest BCUT2D eigenvalue weighted by Gasteiger charge is 2.23. The van der Waals surface area contributed by atoms with Crippen molar-refractivity contribution in [2.75, 3.05) is 5.32 Å². The van der Waals surface area contributed by atoms with E-state index in [1.165, 1.54) is 18.3 Å². The van der Waals surface area contributed by atoms with Crippen molar-refractivity contribution in [2.45, 2.75) is 0 Å². The standard InChI is InChI=1S/C15H10N2O2/c18-12-6-7-13(19)14-11(12)8-9-16-15(14)17-10-4-2-1-3-5-10/h1-9H,(H,16,17). The first-order valence-corrected chi connectivity index (χ1v) is 5.83. The minimum absolute atomic E-state index is 0.173. The maximum absolute atomic E-state index is 11.9. The van der Waals surface area contributed by atoms with Crippen LogP contribution in [0.5, 0.6) is 0 Å². The Balaban J connectivity index is 2.07. The molecule has 4 nitrogen and oxygen atoms in total. The lowest BCUT2D eigenvalue weighted by Crippen LogP contribution is -2.14. The van der Waals surface area contributed by atoms with E-state index >= 15 is 0 Å². The monoisotopic (exact) mass is 250 g/mol.